The second-order valence-electron chi connectivity index (χ2n) is 1.00. The predicted octanol–water partition coefficient (Wildman–Crippen LogP) is -0.915. The maximum Gasteiger partial charge on any atom is 0.317 e. The average Bonchev–Trinajstić information content (AvgIpc) is 1.86. The van der Waals surface area contributed by atoms with Gasteiger partial charge in [0.1, 0.15) is 0 Å². The van der Waals surface area contributed by atoms with Gasteiger partial charge in [0.05, 0.1) is 0 Å². The first kappa shape index (κ1) is 3.68. The Morgan fingerprint density at radius 2 is 2.83 bits per heavy atom. The minimum absolute atomic E-state index is 0.213. The van der Waals surface area contributed by atoms with Crippen LogP contribution in [-0.4, -0.2) is 13.4 Å². The molecule has 1 rings (SSSR count). The van der Waals surface area contributed by atoms with Crippen molar-refractivity contribution in [2.45, 2.75) is 6.32 Å². The van der Waals surface area contributed by atoms with Crippen LogP contribution in [0.4, 0.5) is 0 Å². The van der Waals surface area contributed by atoms with E-state index in [9.17, 15) is 4.79 Å². The molecule has 1 aliphatic heterocycles. The Labute approximate surface area is 35.9 Å². The predicted molar refractivity (Wildman–Crippen MR) is 19.8 cm³/mol. The molecular formula is C2H3BNO2. The van der Waals surface area contributed by atoms with Crippen LogP contribution < -0.4 is 5.39 Å². The van der Waals surface area contributed by atoms with Crippen LogP contribution in [0.25, 0.3) is 0 Å². The Morgan fingerprint density at radius 3 is 3.00 bits per heavy atom. The number of carbonyl (C=O) groups is 1. The summed E-state index contributed by atoms with van der Waals surface area (Å²) in [4.78, 5) is 14.1. The molecular weight excluding hydrogens is 80.8 g/mol. The van der Waals surface area contributed by atoms with E-state index in [0.717, 1.165) is 0 Å². The highest BCUT2D eigenvalue weighted by atomic mass is 16.7. The van der Waals surface area contributed by atoms with Gasteiger partial charge in [0, 0.05) is 6.32 Å². The topological polar surface area (TPSA) is 38.3 Å². The Kier molecular flexibility index (Phi) is 0.798. The Bertz CT molecular complexity index is 65.9. The molecule has 1 fully saturated rings. The summed E-state index contributed by atoms with van der Waals surface area (Å²) in [5.74, 6) is -0.213. The smallest absolute Gasteiger partial charge is 0.317 e. The molecule has 0 saturated carbocycles. The van der Waals surface area contributed by atoms with E-state index in [1.54, 1.807) is 7.41 Å². The zero-order chi connectivity index (χ0) is 4.41. The van der Waals surface area contributed by atoms with Crippen molar-refractivity contribution in [1.29, 1.82) is 0 Å². The van der Waals surface area contributed by atoms with Crippen molar-refractivity contribution in [2.75, 3.05) is 0 Å². The van der Waals surface area contributed by atoms with Crippen LogP contribution in [0.15, 0.2) is 0 Å². The van der Waals surface area contributed by atoms with Crippen LogP contribution in [0, 0.1) is 0 Å². The monoisotopic (exact) mass is 84.0 g/mol. The third-order valence-electron chi connectivity index (χ3n) is 0.525. The molecule has 0 aromatic carbocycles. The van der Waals surface area contributed by atoms with E-state index in [1.165, 1.54) is 0 Å². The van der Waals surface area contributed by atoms with Crippen molar-refractivity contribution >= 4 is 13.4 Å². The highest BCUT2D eigenvalue weighted by Gasteiger charge is 2.10. The van der Waals surface area contributed by atoms with Crippen molar-refractivity contribution in [3.05, 3.63) is 0 Å². The zero-order valence-corrected chi connectivity index (χ0v) is 3.10. The van der Waals surface area contributed by atoms with E-state index in [4.69, 9.17) is 0 Å². The highest BCUT2D eigenvalue weighted by molar-refractivity contribution is 6.39. The number of carbonyl (C=O) groups excluding carboxylic acids is 1. The summed E-state index contributed by atoms with van der Waals surface area (Å²) >= 11 is 0. The molecule has 0 unspecified atom stereocenters. The van der Waals surface area contributed by atoms with Crippen molar-refractivity contribution in [3.8, 4) is 0 Å². The van der Waals surface area contributed by atoms with Crippen molar-refractivity contribution in [2.24, 2.45) is 0 Å². The highest BCUT2D eigenvalue weighted by Crippen LogP contribution is 1.87. The molecule has 0 atom stereocenters. The van der Waals surface area contributed by atoms with Crippen molar-refractivity contribution in [3.63, 3.8) is 0 Å². The maximum absolute atomic E-state index is 9.93. The summed E-state index contributed by atoms with van der Waals surface area (Å²) < 4.78 is 0. The van der Waals surface area contributed by atoms with Crippen LogP contribution in [0.1, 0.15) is 0 Å². The van der Waals surface area contributed by atoms with Crippen LogP contribution in [0.5, 0.6) is 0 Å². The average molecular weight is 83.9 g/mol. The third-order valence-corrected chi connectivity index (χ3v) is 0.525. The quantitative estimate of drug-likeness (QED) is 0.386. The van der Waals surface area contributed by atoms with Crippen LogP contribution in [0.2, 0.25) is 6.32 Å². The fraction of sp³-hybridized carbons (Fsp3) is 0.500. The molecule has 1 aliphatic rings. The van der Waals surface area contributed by atoms with Gasteiger partial charge >= 0.3 is 5.97 Å². The van der Waals surface area contributed by atoms with Gasteiger partial charge in [-0.1, -0.05) is 0 Å². The van der Waals surface area contributed by atoms with Gasteiger partial charge in [0.15, 0.2) is 0 Å². The van der Waals surface area contributed by atoms with Crippen molar-refractivity contribution in [1.82, 2.24) is 5.39 Å². The molecule has 31 valence electrons. The first-order chi connectivity index (χ1) is 2.89. The van der Waals surface area contributed by atoms with Gasteiger partial charge < -0.3 is 4.84 Å². The second kappa shape index (κ2) is 1.30. The van der Waals surface area contributed by atoms with E-state index in [0.29, 0.717) is 6.32 Å². The lowest BCUT2D eigenvalue weighted by Crippen LogP contribution is -2.06. The molecule has 0 aromatic heterocycles. The normalized spacial score (nSPS) is 19.7. The number of nitrogens with one attached hydrogen (secondary N) is 1. The third kappa shape index (κ3) is 0.516. The van der Waals surface area contributed by atoms with Crippen LogP contribution in [0.3, 0.4) is 0 Å². The molecule has 1 N–H and O–H groups in total. The Morgan fingerprint density at radius 1 is 2.00 bits per heavy atom. The standard InChI is InChI=1S/C2H3BNO2/c5-2-1-3-4-6-2/h4H,1H2. The molecule has 1 radical (unpaired) electrons. The molecule has 1 heterocycles. The molecule has 6 heavy (non-hydrogen) atoms. The van der Waals surface area contributed by atoms with E-state index >= 15 is 0 Å². The van der Waals surface area contributed by atoms with E-state index in [2.05, 4.69) is 10.2 Å². The van der Waals surface area contributed by atoms with Gasteiger partial charge in [-0.05, 0) is 0 Å². The SMILES string of the molecule is O=C1C[B]NO1. The Hall–Kier alpha value is -0.505. The summed E-state index contributed by atoms with van der Waals surface area (Å²) in [6, 6.07) is 0. The summed E-state index contributed by atoms with van der Waals surface area (Å²) in [5, 5.41) is 2.30. The summed E-state index contributed by atoms with van der Waals surface area (Å²) in [6.07, 6.45) is 0.389. The summed E-state index contributed by atoms with van der Waals surface area (Å²) in [7, 11) is 1.56. The molecule has 0 amide bonds. The molecule has 4 heteroatoms. The van der Waals surface area contributed by atoms with E-state index in [1.807, 2.05) is 0 Å². The van der Waals surface area contributed by atoms with Gasteiger partial charge in [-0.2, -0.15) is 0 Å². The first-order valence-corrected chi connectivity index (χ1v) is 1.66. The minimum Gasteiger partial charge on any atom is -0.384 e. The lowest BCUT2D eigenvalue weighted by atomic mass is 9.93. The van der Waals surface area contributed by atoms with Gasteiger partial charge in [-0.15, -0.1) is 0 Å². The van der Waals surface area contributed by atoms with E-state index < -0.39 is 0 Å². The van der Waals surface area contributed by atoms with Crippen molar-refractivity contribution < 1.29 is 9.63 Å². The number of rotatable bonds is 0. The molecule has 0 spiro atoms. The lowest BCUT2D eigenvalue weighted by Gasteiger charge is -1.83. The summed E-state index contributed by atoms with van der Waals surface area (Å²) in [5.41, 5.74) is 0. The number of hydrogen-bond donors (Lipinski definition) is 1. The molecule has 0 aromatic rings. The molecule has 0 aliphatic carbocycles. The van der Waals surface area contributed by atoms with Crippen LogP contribution >= 0.6 is 0 Å². The second-order valence-corrected chi connectivity index (χ2v) is 1.00. The van der Waals surface area contributed by atoms with Crippen LogP contribution in [-0.2, 0) is 9.63 Å². The molecule has 1 saturated heterocycles. The maximum atomic E-state index is 9.93. The van der Waals surface area contributed by atoms with Gasteiger partial charge in [-0.3, -0.25) is 4.79 Å². The summed E-state index contributed by atoms with van der Waals surface area (Å²) in [6.45, 7) is 0. The fourth-order valence-electron chi connectivity index (χ4n) is 0.274. The molecule has 0 bridgehead atoms. The largest absolute Gasteiger partial charge is 0.384 e. The van der Waals surface area contributed by atoms with E-state index in [-0.39, 0.29) is 5.97 Å². The first-order valence-electron chi connectivity index (χ1n) is 1.66. The number of hydrogen-bond acceptors (Lipinski definition) is 3. The minimum atomic E-state index is -0.213. The van der Waals surface area contributed by atoms with Gasteiger partial charge in [0.25, 0.3) is 7.41 Å². The van der Waals surface area contributed by atoms with Gasteiger partial charge in [0.2, 0.25) is 0 Å². The molecule has 3 nitrogen and oxygen atoms in total. The lowest BCUT2D eigenvalue weighted by molar-refractivity contribution is -0.141. The Balaban J connectivity index is 2.37. The van der Waals surface area contributed by atoms with Gasteiger partial charge in [-0.25, -0.2) is 5.39 Å². The zero-order valence-electron chi connectivity index (χ0n) is 3.10. The fourth-order valence-corrected chi connectivity index (χ4v) is 0.274.